The lowest BCUT2D eigenvalue weighted by atomic mass is 10.1. The van der Waals surface area contributed by atoms with Crippen LogP contribution in [0, 0.1) is 5.82 Å². The Bertz CT molecular complexity index is 952. The van der Waals surface area contributed by atoms with Crippen LogP contribution >= 0.6 is 0 Å². The van der Waals surface area contributed by atoms with Gasteiger partial charge in [-0.3, -0.25) is 14.5 Å². The van der Waals surface area contributed by atoms with Gasteiger partial charge in [0.2, 0.25) is 5.91 Å². The van der Waals surface area contributed by atoms with Crippen LogP contribution in [0.15, 0.2) is 54.6 Å². The molecule has 0 radical (unpaired) electrons. The molecule has 0 aliphatic carbocycles. The molecule has 34 heavy (non-hydrogen) atoms. The van der Waals surface area contributed by atoms with Crippen molar-refractivity contribution < 1.29 is 23.5 Å². The maximum Gasteiger partial charge on any atom is 0.254 e. The van der Waals surface area contributed by atoms with Gasteiger partial charge in [-0.25, -0.2) is 4.39 Å². The van der Waals surface area contributed by atoms with Crippen LogP contribution in [-0.4, -0.2) is 98.3 Å². The smallest absolute Gasteiger partial charge is 0.254 e. The van der Waals surface area contributed by atoms with Crippen molar-refractivity contribution in [2.45, 2.75) is 12.5 Å². The normalized spacial score (nSPS) is 19.1. The van der Waals surface area contributed by atoms with Gasteiger partial charge in [-0.05, 0) is 23.8 Å². The topological polar surface area (TPSA) is 62.3 Å². The van der Waals surface area contributed by atoms with Crippen LogP contribution in [0.5, 0.6) is 0 Å². The number of halogens is 1. The standard InChI is InChI=1S/C26H32FN3O4/c27-23-8-4-7-22(18-23)26(32)30-13-16-34-24(20-30)19-29(10-9-28-11-14-33-15-12-28)25(31)17-21-5-2-1-3-6-21/h1-8,18,24H,9-17,19-20H2. The third-order valence-electron chi connectivity index (χ3n) is 6.26. The van der Waals surface area contributed by atoms with E-state index in [0.717, 1.165) is 25.2 Å². The Kier molecular flexibility index (Phi) is 8.62. The van der Waals surface area contributed by atoms with E-state index in [1.807, 2.05) is 35.2 Å². The number of hydrogen-bond acceptors (Lipinski definition) is 5. The van der Waals surface area contributed by atoms with Gasteiger partial charge in [-0.1, -0.05) is 36.4 Å². The number of carbonyl (C=O) groups excluding carboxylic acids is 2. The second kappa shape index (κ2) is 12.1. The van der Waals surface area contributed by atoms with E-state index in [9.17, 15) is 14.0 Å². The van der Waals surface area contributed by atoms with Crippen molar-refractivity contribution in [3.05, 3.63) is 71.5 Å². The Hall–Kier alpha value is -2.81. The predicted molar refractivity (Wildman–Crippen MR) is 126 cm³/mol. The molecule has 2 aliphatic heterocycles. The van der Waals surface area contributed by atoms with Crippen molar-refractivity contribution in [1.29, 1.82) is 0 Å². The van der Waals surface area contributed by atoms with Crippen LogP contribution in [0.2, 0.25) is 0 Å². The van der Waals surface area contributed by atoms with Gasteiger partial charge in [0.1, 0.15) is 5.82 Å². The minimum absolute atomic E-state index is 0.0386. The lowest BCUT2D eigenvalue weighted by Gasteiger charge is -2.37. The van der Waals surface area contributed by atoms with Crippen LogP contribution in [0.25, 0.3) is 0 Å². The first kappa shape index (κ1) is 24.3. The Labute approximate surface area is 200 Å². The highest BCUT2D eigenvalue weighted by Gasteiger charge is 2.28. The van der Waals surface area contributed by atoms with E-state index < -0.39 is 5.82 Å². The molecule has 2 fully saturated rings. The highest BCUT2D eigenvalue weighted by molar-refractivity contribution is 5.94. The lowest BCUT2D eigenvalue weighted by Crippen LogP contribution is -2.52. The molecule has 0 spiro atoms. The van der Waals surface area contributed by atoms with E-state index in [4.69, 9.17) is 9.47 Å². The second-order valence-corrected chi connectivity index (χ2v) is 8.71. The minimum atomic E-state index is -0.434. The summed E-state index contributed by atoms with van der Waals surface area (Å²) in [6, 6.07) is 15.4. The lowest BCUT2D eigenvalue weighted by molar-refractivity contribution is -0.134. The number of nitrogens with zero attached hydrogens (tertiary/aromatic N) is 3. The molecule has 0 N–H and O–H groups in total. The van der Waals surface area contributed by atoms with Gasteiger partial charge < -0.3 is 19.3 Å². The Morgan fingerprint density at radius 1 is 1.00 bits per heavy atom. The van der Waals surface area contributed by atoms with Crippen molar-refractivity contribution in [3.63, 3.8) is 0 Å². The molecule has 2 amide bonds. The van der Waals surface area contributed by atoms with Gasteiger partial charge >= 0.3 is 0 Å². The molecule has 182 valence electrons. The molecule has 2 heterocycles. The molecule has 1 unspecified atom stereocenters. The molecule has 2 saturated heterocycles. The van der Waals surface area contributed by atoms with Crippen molar-refractivity contribution in [3.8, 4) is 0 Å². The summed E-state index contributed by atoms with van der Waals surface area (Å²) in [4.78, 5) is 32.0. The summed E-state index contributed by atoms with van der Waals surface area (Å²) in [6.07, 6.45) is 0.0264. The third kappa shape index (κ3) is 6.85. The van der Waals surface area contributed by atoms with Gasteiger partial charge in [0.05, 0.1) is 32.3 Å². The number of rotatable bonds is 8. The minimum Gasteiger partial charge on any atom is -0.379 e. The molecule has 1 atom stereocenters. The molecule has 2 aliphatic rings. The number of hydrogen-bond donors (Lipinski definition) is 0. The highest BCUT2D eigenvalue weighted by Crippen LogP contribution is 2.14. The van der Waals surface area contributed by atoms with E-state index in [1.54, 1.807) is 11.0 Å². The van der Waals surface area contributed by atoms with Crippen molar-refractivity contribution >= 4 is 11.8 Å². The summed E-state index contributed by atoms with van der Waals surface area (Å²) < 4.78 is 25.0. The molecular formula is C26H32FN3O4. The van der Waals surface area contributed by atoms with Crippen LogP contribution in [0.1, 0.15) is 15.9 Å². The van der Waals surface area contributed by atoms with E-state index in [-0.39, 0.29) is 17.9 Å². The first-order valence-electron chi connectivity index (χ1n) is 11.9. The van der Waals surface area contributed by atoms with Crippen LogP contribution in [0.4, 0.5) is 4.39 Å². The summed E-state index contributed by atoms with van der Waals surface area (Å²) in [5, 5.41) is 0. The van der Waals surface area contributed by atoms with Crippen LogP contribution < -0.4 is 0 Å². The summed E-state index contributed by atoms with van der Waals surface area (Å²) in [6.45, 7) is 6.08. The fourth-order valence-corrected chi connectivity index (χ4v) is 4.35. The first-order valence-corrected chi connectivity index (χ1v) is 11.9. The van der Waals surface area contributed by atoms with Gasteiger partial charge in [0, 0.05) is 51.4 Å². The summed E-state index contributed by atoms with van der Waals surface area (Å²) >= 11 is 0. The second-order valence-electron chi connectivity index (χ2n) is 8.71. The number of amides is 2. The molecule has 4 rings (SSSR count). The number of carbonyl (C=O) groups is 2. The summed E-state index contributed by atoms with van der Waals surface area (Å²) in [7, 11) is 0. The Morgan fingerprint density at radius 3 is 2.56 bits per heavy atom. The maximum atomic E-state index is 13.6. The molecule has 0 bridgehead atoms. The summed E-state index contributed by atoms with van der Waals surface area (Å²) in [5.41, 5.74) is 1.29. The third-order valence-corrected chi connectivity index (χ3v) is 6.26. The van der Waals surface area contributed by atoms with E-state index in [1.165, 1.54) is 18.2 Å². The SMILES string of the molecule is O=C(Cc1ccccc1)N(CCN1CCOCC1)CC1CN(C(=O)c2cccc(F)c2)CCO1. The van der Waals surface area contributed by atoms with E-state index in [2.05, 4.69) is 4.90 Å². The largest absolute Gasteiger partial charge is 0.379 e. The number of morpholine rings is 2. The number of ether oxygens (including phenoxy) is 2. The zero-order valence-electron chi connectivity index (χ0n) is 19.4. The highest BCUT2D eigenvalue weighted by atomic mass is 19.1. The molecule has 8 heteroatoms. The Balaban J connectivity index is 1.40. The van der Waals surface area contributed by atoms with Gasteiger partial charge in [-0.2, -0.15) is 0 Å². The van der Waals surface area contributed by atoms with Gasteiger partial charge in [0.25, 0.3) is 5.91 Å². The zero-order chi connectivity index (χ0) is 23.8. The molecule has 2 aromatic rings. The number of benzene rings is 2. The van der Waals surface area contributed by atoms with Crippen LogP contribution in [0.3, 0.4) is 0 Å². The predicted octanol–water partition coefficient (Wildman–Crippen LogP) is 2.07. The van der Waals surface area contributed by atoms with E-state index >= 15 is 0 Å². The average molecular weight is 470 g/mol. The van der Waals surface area contributed by atoms with Crippen molar-refractivity contribution in [2.24, 2.45) is 0 Å². The first-order chi connectivity index (χ1) is 16.6. The summed E-state index contributed by atoms with van der Waals surface area (Å²) in [5.74, 6) is -0.614. The molecular weight excluding hydrogens is 437 g/mol. The monoisotopic (exact) mass is 469 g/mol. The maximum absolute atomic E-state index is 13.6. The van der Waals surface area contributed by atoms with E-state index in [0.29, 0.717) is 58.0 Å². The quantitative estimate of drug-likeness (QED) is 0.593. The average Bonchev–Trinajstić information content (AvgIpc) is 2.87. The van der Waals surface area contributed by atoms with Gasteiger partial charge in [0.15, 0.2) is 0 Å². The van der Waals surface area contributed by atoms with Gasteiger partial charge in [-0.15, -0.1) is 0 Å². The van der Waals surface area contributed by atoms with Crippen LogP contribution in [-0.2, 0) is 20.7 Å². The molecule has 2 aromatic carbocycles. The fourth-order valence-electron chi connectivity index (χ4n) is 4.35. The Morgan fingerprint density at radius 2 is 1.79 bits per heavy atom. The molecule has 0 aromatic heterocycles. The van der Waals surface area contributed by atoms with Crippen molar-refractivity contribution in [2.75, 3.05) is 65.6 Å². The van der Waals surface area contributed by atoms with Crippen molar-refractivity contribution in [1.82, 2.24) is 14.7 Å². The zero-order valence-corrected chi connectivity index (χ0v) is 19.4. The molecule has 7 nitrogen and oxygen atoms in total. The fraction of sp³-hybridized carbons (Fsp3) is 0.462. The molecule has 0 saturated carbocycles.